The molecule has 1 aliphatic carbocycles. The molecule has 0 radical (unpaired) electrons. The maximum atomic E-state index is 8.90. The summed E-state index contributed by atoms with van der Waals surface area (Å²) in [5, 5.41) is 17.8. The second-order valence-corrected chi connectivity index (χ2v) is 3.64. The molecule has 0 fully saturated rings. The minimum absolute atomic E-state index is 0.496. The van der Waals surface area contributed by atoms with Crippen LogP contribution in [0.5, 0.6) is 0 Å². The topological polar surface area (TPSA) is 40.5 Å². The molecule has 0 aromatic rings. The van der Waals surface area contributed by atoms with Gasteiger partial charge in [0.05, 0.1) is 0 Å². The summed E-state index contributed by atoms with van der Waals surface area (Å²) in [6.45, 7) is 4.25. The van der Waals surface area contributed by atoms with E-state index in [0.29, 0.717) is 11.8 Å². The highest BCUT2D eigenvalue weighted by molar-refractivity contribution is 6.50. The van der Waals surface area contributed by atoms with Gasteiger partial charge >= 0.3 is 7.12 Å². The minimum Gasteiger partial charge on any atom is -0.423 e. The Morgan fingerprint density at radius 2 is 2.09 bits per heavy atom. The molecule has 0 amide bonds. The lowest BCUT2D eigenvalue weighted by Gasteiger charge is -2.23. The van der Waals surface area contributed by atoms with Gasteiger partial charge in [-0.2, -0.15) is 0 Å². The molecule has 0 spiro atoms. The molecule has 2 atom stereocenters. The van der Waals surface area contributed by atoms with Gasteiger partial charge < -0.3 is 10.0 Å². The number of hydrogen-bond acceptors (Lipinski definition) is 2. The number of rotatable bonds is 1. The maximum absolute atomic E-state index is 8.90. The molecule has 1 aliphatic rings. The summed E-state index contributed by atoms with van der Waals surface area (Å²) in [5.74, 6) is 1.09. The molecule has 0 aliphatic heterocycles. The van der Waals surface area contributed by atoms with Crippen LogP contribution in [0.1, 0.15) is 26.7 Å². The molecule has 0 saturated heterocycles. The lowest BCUT2D eigenvalue weighted by molar-refractivity contribution is 0.390. The quantitative estimate of drug-likeness (QED) is 0.553. The fourth-order valence-corrected chi connectivity index (χ4v) is 1.81. The normalized spacial score (nSPS) is 31.5. The lowest BCUT2D eigenvalue weighted by Crippen LogP contribution is -2.22. The third kappa shape index (κ3) is 2.35. The van der Waals surface area contributed by atoms with Gasteiger partial charge in [0, 0.05) is 0 Å². The fourth-order valence-electron chi connectivity index (χ4n) is 1.81. The number of allylic oxidation sites excluding steroid dienone is 2. The van der Waals surface area contributed by atoms with Gasteiger partial charge in [-0.1, -0.05) is 19.9 Å². The molecule has 0 saturated carbocycles. The Bertz CT molecular complexity index is 165. The van der Waals surface area contributed by atoms with Crippen molar-refractivity contribution < 1.29 is 10.0 Å². The first-order valence-electron chi connectivity index (χ1n) is 4.16. The molecule has 3 heteroatoms. The summed E-state index contributed by atoms with van der Waals surface area (Å²) in [5.41, 5.74) is 0.788. The molecule has 1 rings (SSSR count). The lowest BCUT2D eigenvalue weighted by atomic mass is 9.69. The van der Waals surface area contributed by atoms with Crippen LogP contribution in [-0.4, -0.2) is 17.2 Å². The van der Waals surface area contributed by atoms with E-state index < -0.39 is 7.12 Å². The zero-order valence-corrected chi connectivity index (χ0v) is 7.12. The largest absolute Gasteiger partial charge is 0.483 e. The summed E-state index contributed by atoms with van der Waals surface area (Å²) in [4.78, 5) is 0. The summed E-state index contributed by atoms with van der Waals surface area (Å²) >= 11 is 0. The van der Waals surface area contributed by atoms with Gasteiger partial charge in [-0.15, -0.1) is 0 Å². The van der Waals surface area contributed by atoms with Crippen molar-refractivity contribution in [3.8, 4) is 0 Å². The molecule has 2 nitrogen and oxygen atoms in total. The van der Waals surface area contributed by atoms with E-state index in [1.54, 1.807) is 0 Å². The summed E-state index contributed by atoms with van der Waals surface area (Å²) in [6.07, 6.45) is 3.98. The SMILES string of the molecule is C[C@@H]1CC(B(O)O)=C[C@H](C)C1. The molecule has 2 N–H and O–H groups in total. The molecule has 62 valence electrons. The number of hydrogen-bond donors (Lipinski definition) is 2. The van der Waals surface area contributed by atoms with E-state index in [4.69, 9.17) is 10.0 Å². The van der Waals surface area contributed by atoms with Crippen molar-refractivity contribution in [1.29, 1.82) is 0 Å². The summed E-state index contributed by atoms with van der Waals surface area (Å²) < 4.78 is 0. The van der Waals surface area contributed by atoms with Crippen molar-refractivity contribution in [2.45, 2.75) is 26.7 Å². The Labute approximate surface area is 68.1 Å². The van der Waals surface area contributed by atoms with Crippen molar-refractivity contribution in [2.24, 2.45) is 11.8 Å². The van der Waals surface area contributed by atoms with E-state index in [1.165, 1.54) is 0 Å². The Kier molecular flexibility index (Phi) is 2.74. The van der Waals surface area contributed by atoms with Crippen LogP contribution in [0.25, 0.3) is 0 Å². The van der Waals surface area contributed by atoms with Gasteiger partial charge in [0.25, 0.3) is 0 Å². The second-order valence-electron chi connectivity index (χ2n) is 3.64. The predicted octanol–water partition coefficient (Wildman–Crippen LogP) is 0.991. The van der Waals surface area contributed by atoms with Crippen LogP contribution in [-0.2, 0) is 0 Å². The molecule has 0 aromatic carbocycles. The second kappa shape index (κ2) is 3.41. The van der Waals surface area contributed by atoms with E-state index in [9.17, 15) is 0 Å². The van der Waals surface area contributed by atoms with Crippen LogP contribution in [0.15, 0.2) is 11.5 Å². The van der Waals surface area contributed by atoms with Crippen molar-refractivity contribution in [3.63, 3.8) is 0 Å². The Hall–Kier alpha value is -0.275. The van der Waals surface area contributed by atoms with Crippen LogP contribution >= 0.6 is 0 Å². The van der Waals surface area contributed by atoms with Gasteiger partial charge in [0.1, 0.15) is 0 Å². The molecular weight excluding hydrogens is 139 g/mol. The first-order valence-corrected chi connectivity index (χ1v) is 4.16. The smallest absolute Gasteiger partial charge is 0.423 e. The van der Waals surface area contributed by atoms with Crippen LogP contribution in [0.3, 0.4) is 0 Å². The van der Waals surface area contributed by atoms with Crippen LogP contribution < -0.4 is 0 Å². The van der Waals surface area contributed by atoms with Gasteiger partial charge in [-0.3, -0.25) is 0 Å². The van der Waals surface area contributed by atoms with Gasteiger partial charge in [0.15, 0.2) is 0 Å². The van der Waals surface area contributed by atoms with Crippen LogP contribution in [0.4, 0.5) is 0 Å². The van der Waals surface area contributed by atoms with Crippen LogP contribution in [0.2, 0.25) is 0 Å². The summed E-state index contributed by atoms with van der Waals surface area (Å²) in [6, 6.07) is 0. The average molecular weight is 154 g/mol. The third-order valence-electron chi connectivity index (χ3n) is 2.19. The monoisotopic (exact) mass is 154 g/mol. The molecule has 0 unspecified atom stereocenters. The van der Waals surface area contributed by atoms with Gasteiger partial charge in [0.2, 0.25) is 0 Å². The zero-order chi connectivity index (χ0) is 8.43. The highest BCUT2D eigenvalue weighted by Crippen LogP contribution is 2.27. The van der Waals surface area contributed by atoms with E-state index in [0.717, 1.165) is 18.3 Å². The van der Waals surface area contributed by atoms with Crippen molar-refractivity contribution in [3.05, 3.63) is 11.5 Å². The Morgan fingerprint density at radius 3 is 2.55 bits per heavy atom. The third-order valence-corrected chi connectivity index (χ3v) is 2.19. The summed E-state index contributed by atoms with van der Waals surface area (Å²) in [7, 11) is -1.24. The van der Waals surface area contributed by atoms with E-state index in [2.05, 4.69) is 13.8 Å². The molecule has 0 heterocycles. The van der Waals surface area contributed by atoms with Gasteiger partial charge in [-0.05, 0) is 30.1 Å². The van der Waals surface area contributed by atoms with E-state index in [1.807, 2.05) is 6.08 Å². The predicted molar refractivity (Wildman–Crippen MR) is 45.8 cm³/mol. The highest BCUT2D eigenvalue weighted by atomic mass is 16.4. The first kappa shape index (κ1) is 8.82. The van der Waals surface area contributed by atoms with Crippen molar-refractivity contribution in [2.75, 3.05) is 0 Å². The molecule has 0 bridgehead atoms. The highest BCUT2D eigenvalue weighted by Gasteiger charge is 2.23. The van der Waals surface area contributed by atoms with E-state index >= 15 is 0 Å². The zero-order valence-electron chi connectivity index (χ0n) is 7.12. The van der Waals surface area contributed by atoms with Crippen LogP contribution in [0, 0.1) is 11.8 Å². The fraction of sp³-hybridized carbons (Fsp3) is 0.750. The average Bonchev–Trinajstić information content (AvgIpc) is 1.85. The molecular formula is C8H15BO2. The van der Waals surface area contributed by atoms with Crippen molar-refractivity contribution >= 4 is 7.12 Å². The Morgan fingerprint density at radius 1 is 1.45 bits per heavy atom. The van der Waals surface area contributed by atoms with E-state index in [-0.39, 0.29) is 0 Å². The van der Waals surface area contributed by atoms with Crippen molar-refractivity contribution in [1.82, 2.24) is 0 Å². The Balaban J connectivity index is 2.64. The minimum atomic E-state index is -1.24. The van der Waals surface area contributed by atoms with Gasteiger partial charge in [-0.25, -0.2) is 0 Å². The maximum Gasteiger partial charge on any atom is 0.483 e. The standard InChI is InChI=1S/C8H15BO2/c1-6-3-7(2)5-8(4-6)9(10)11/h4,6-7,10-11H,3,5H2,1-2H3/t6-,7+/m1/s1. The first-order chi connectivity index (χ1) is 5.09. The molecule has 11 heavy (non-hydrogen) atoms. The molecule has 0 aromatic heterocycles.